The van der Waals surface area contributed by atoms with Crippen LogP contribution in [0.2, 0.25) is 5.15 Å². The van der Waals surface area contributed by atoms with Gasteiger partial charge in [0.1, 0.15) is 23.3 Å². The van der Waals surface area contributed by atoms with Gasteiger partial charge in [0.15, 0.2) is 0 Å². The summed E-state index contributed by atoms with van der Waals surface area (Å²) in [7, 11) is 1.66. The van der Waals surface area contributed by atoms with Gasteiger partial charge in [0, 0.05) is 19.2 Å². The number of rotatable bonds is 2. The molecule has 2 aromatic heterocycles. The van der Waals surface area contributed by atoms with Gasteiger partial charge >= 0.3 is 0 Å². The zero-order valence-electron chi connectivity index (χ0n) is 12.0. The van der Waals surface area contributed by atoms with E-state index in [0.29, 0.717) is 10.9 Å². The first-order chi connectivity index (χ1) is 10.1. The molecule has 1 aliphatic heterocycles. The van der Waals surface area contributed by atoms with E-state index in [0.717, 1.165) is 37.2 Å². The van der Waals surface area contributed by atoms with E-state index in [4.69, 9.17) is 11.6 Å². The lowest BCUT2D eigenvalue weighted by molar-refractivity contribution is -0.122. The Morgan fingerprint density at radius 1 is 1.48 bits per heavy atom. The number of piperidine rings is 1. The van der Waals surface area contributed by atoms with E-state index in [1.807, 2.05) is 6.92 Å². The zero-order chi connectivity index (χ0) is 15.0. The van der Waals surface area contributed by atoms with Crippen molar-refractivity contribution in [2.24, 2.45) is 0 Å². The summed E-state index contributed by atoms with van der Waals surface area (Å²) >= 11 is 6.21. The Morgan fingerprint density at radius 3 is 3.05 bits per heavy atom. The molecule has 1 aliphatic rings. The Morgan fingerprint density at radius 2 is 2.29 bits per heavy atom. The molecule has 0 bridgehead atoms. The molecule has 0 spiro atoms. The lowest BCUT2D eigenvalue weighted by Gasteiger charge is -2.36. The fraction of sp³-hybridized carbons (Fsp3) is 0.538. The molecule has 0 aliphatic carbocycles. The minimum absolute atomic E-state index is 0.00954. The average Bonchev–Trinajstić information content (AvgIpc) is 2.95. The smallest absolute Gasteiger partial charge is 0.255 e. The van der Waals surface area contributed by atoms with Crippen LogP contribution in [0, 0.1) is 6.92 Å². The SMILES string of the molecule is CNC(=O)C1CCCCN1c1c(C)c(Cl)nc2ncnn12. The van der Waals surface area contributed by atoms with Gasteiger partial charge in [0.25, 0.3) is 5.78 Å². The number of nitrogens with one attached hydrogen (secondary N) is 1. The maximum atomic E-state index is 12.2. The molecule has 21 heavy (non-hydrogen) atoms. The second kappa shape index (κ2) is 5.48. The summed E-state index contributed by atoms with van der Waals surface area (Å²) in [6.07, 6.45) is 4.33. The number of nitrogens with zero attached hydrogens (tertiary/aromatic N) is 5. The van der Waals surface area contributed by atoms with Crippen LogP contribution in [0.4, 0.5) is 5.82 Å². The summed E-state index contributed by atoms with van der Waals surface area (Å²) < 4.78 is 1.66. The summed E-state index contributed by atoms with van der Waals surface area (Å²) in [5.41, 5.74) is 0.811. The second-order valence-corrected chi connectivity index (χ2v) is 5.50. The number of hydrogen-bond donors (Lipinski definition) is 1. The highest BCUT2D eigenvalue weighted by molar-refractivity contribution is 6.30. The molecule has 112 valence electrons. The number of aromatic nitrogens is 4. The molecular weight excluding hydrogens is 292 g/mol. The van der Waals surface area contributed by atoms with Crippen molar-refractivity contribution >= 4 is 29.1 Å². The predicted octanol–water partition coefficient (Wildman–Crippen LogP) is 1.19. The Bertz CT molecular complexity index is 685. The number of carbonyl (C=O) groups is 1. The lowest BCUT2D eigenvalue weighted by Crippen LogP contribution is -2.49. The fourth-order valence-electron chi connectivity index (χ4n) is 2.85. The monoisotopic (exact) mass is 308 g/mol. The van der Waals surface area contributed by atoms with E-state index in [9.17, 15) is 4.79 Å². The fourth-order valence-corrected chi connectivity index (χ4v) is 3.01. The first-order valence-electron chi connectivity index (χ1n) is 6.97. The molecule has 1 saturated heterocycles. The van der Waals surface area contributed by atoms with Crippen molar-refractivity contribution in [1.82, 2.24) is 24.9 Å². The molecule has 1 N–H and O–H groups in total. The van der Waals surface area contributed by atoms with E-state index in [1.54, 1.807) is 11.6 Å². The largest absolute Gasteiger partial charge is 0.357 e. The third-order valence-corrected chi connectivity index (χ3v) is 4.27. The molecule has 3 heterocycles. The first-order valence-corrected chi connectivity index (χ1v) is 7.35. The van der Waals surface area contributed by atoms with Crippen LogP contribution < -0.4 is 10.2 Å². The number of amides is 1. The van der Waals surface area contributed by atoms with Crippen molar-refractivity contribution < 1.29 is 4.79 Å². The molecule has 1 atom stereocenters. The van der Waals surface area contributed by atoms with Crippen LogP contribution >= 0.6 is 11.6 Å². The number of likely N-dealkylation sites (N-methyl/N-ethyl adjacent to an activating group) is 1. The molecule has 2 aromatic rings. The van der Waals surface area contributed by atoms with Crippen LogP contribution in [-0.2, 0) is 4.79 Å². The summed E-state index contributed by atoms with van der Waals surface area (Å²) in [5, 5.41) is 7.36. The van der Waals surface area contributed by atoms with Crippen molar-refractivity contribution in [1.29, 1.82) is 0 Å². The van der Waals surface area contributed by atoms with E-state index in [-0.39, 0.29) is 11.9 Å². The first kappa shape index (κ1) is 14.1. The molecule has 1 fully saturated rings. The van der Waals surface area contributed by atoms with Crippen LogP contribution in [0.1, 0.15) is 24.8 Å². The standard InChI is InChI=1S/C13H17ClN6O/c1-8-10(14)18-13-16-7-17-20(13)12(8)19-6-4-3-5-9(19)11(21)15-2/h7,9H,3-6H2,1-2H3,(H,15,21). The highest BCUT2D eigenvalue weighted by atomic mass is 35.5. The van der Waals surface area contributed by atoms with Gasteiger partial charge < -0.3 is 10.2 Å². The number of fused-ring (bicyclic) bond motifs is 1. The number of halogens is 1. The van der Waals surface area contributed by atoms with Gasteiger partial charge in [-0.25, -0.2) is 0 Å². The normalized spacial score (nSPS) is 19.0. The summed E-state index contributed by atoms with van der Waals surface area (Å²) in [6, 6.07) is -0.215. The summed E-state index contributed by atoms with van der Waals surface area (Å²) in [5.74, 6) is 1.26. The van der Waals surface area contributed by atoms with E-state index < -0.39 is 0 Å². The van der Waals surface area contributed by atoms with Gasteiger partial charge in [-0.05, 0) is 26.2 Å². The maximum absolute atomic E-state index is 12.2. The third-order valence-electron chi connectivity index (χ3n) is 3.90. The van der Waals surface area contributed by atoms with Crippen molar-refractivity contribution in [2.45, 2.75) is 32.2 Å². The van der Waals surface area contributed by atoms with Crippen LogP contribution in [-0.4, -0.2) is 45.1 Å². The second-order valence-electron chi connectivity index (χ2n) is 5.14. The molecule has 1 amide bonds. The molecule has 8 heteroatoms. The number of carbonyl (C=O) groups excluding carboxylic acids is 1. The van der Waals surface area contributed by atoms with Crippen molar-refractivity contribution in [3.8, 4) is 0 Å². The number of hydrogen-bond acceptors (Lipinski definition) is 5. The molecule has 0 radical (unpaired) electrons. The highest BCUT2D eigenvalue weighted by Gasteiger charge is 2.31. The number of anilines is 1. The third kappa shape index (κ3) is 2.31. The molecule has 3 rings (SSSR count). The van der Waals surface area contributed by atoms with Gasteiger partial charge in [-0.15, -0.1) is 0 Å². The highest BCUT2D eigenvalue weighted by Crippen LogP contribution is 2.30. The van der Waals surface area contributed by atoms with Crippen molar-refractivity contribution in [3.63, 3.8) is 0 Å². The topological polar surface area (TPSA) is 75.4 Å². The molecule has 0 aromatic carbocycles. The van der Waals surface area contributed by atoms with Gasteiger partial charge in [-0.3, -0.25) is 4.79 Å². The van der Waals surface area contributed by atoms with Crippen LogP contribution in [0.3, 0.4) is 0 Å². The quantitative estimate of drug-likeness (QED) is 0.844. The van der Waals surface area contributed by atoms with Gasteiger partial charge in [0.2, 0.25) is 5.91 Å². The Hall–Kier alpha value is -1.89. The lowest BCUT2D eigenvalue weighted by atomic mass is 10.0. The van der Waals surface area contributed by atoms with Crippen LogP contribution in [0.15, 0.2) is 6.33 Å². The van der Waals surface area contributed by atoms with Gasteiger partial charge in [-0.1, -0.05) is 11.6 Å². The average molecular weight is 309 g/mol. The van der Waals surface area contributed by atoms with Crippen LogP contribution in [0.5, 0.6) is 0 Å². The van der Waals surface area contributed by atoms with Gasteiger partial charge in [-0.2, -0.15) is 19.6 Å². The maximum Gasteiger partial charge on any atom is 0.255 e. The van der Waals surface area contributed by atoms with E-state index in [1.165, 1.54) is 6.33 Å². The Balaban J connectivity index is 2.15. The van der Waals surface area contributed by atoms with E-state index >= 15 is 0 Å². The van der Waals surface area contributed by atoms with Crippen molar-refractivity contribution in [3.05, 3.63) is 17.0 Å². The van der Waals surface area contributed by atoms with Crippen LogP contribution in [0.25, 0.3) is 5.78 Å². The minimum atomic E-state index is -0.215. The predicted molar refractivity (Wildman–Crippen MR) is 79.6 cm³/mol. The Kier molecular flexibility index (Phi) is 3.67. The summed E-state index contributed by atoms with van der Waals surface area (Å²) in [6.45, 7) is 2.68. The van der Waals surface area contributed by atoms with Crippen molar-refractivity contribution in [2.75, 3.05) is 18.5 Å². The zero-order valence-corrected chi connectivity index (χ0v) is 12.8. The minimum Gasteiger partial charge on any atom is -0.357 e. The Labute approximate surface area is 127 Å². The molecule has 1 unspecified atom stereocenters. The molecular formula is C13H17ClN6O. The van der Waals surface area contributed by atoms with Gasteiger partial charge in [0.05, 0.1) is 0 Å². The molecule has 0 saturated carbocycles. The molecule has 7 nitrogen and oxygen atoms in total. The van der Waals surface area contributed by atoms with E-state index in [2.05, 4.69) is 25.3 Å². The summed E-state index contributed by atoms with van der Waals surface area (Å²) in [4.78, 5) is 22.5.